The highest BCUT2D eigenvalue weighted by Gasteiger charge is 2.00. The summed E-state index contributed by atoms with van der Waals surface area (Å²) in [5.74, 6) is 0. The summed E-state index contributed by atoms with van der Waals surface area (Å²) in [6.45, 7) is 0. The molecule has 1 rings (SSSR count). The zero-order valence-electron chi connectivity index (χ0n) is 4.95. The van der Waals surface area contributed by atoms with Crippen LogP contribution >= 0.6 is 23.2 Å². The van der Waals surface area contributed by atoms with Gasteiger partial charge < -0.3 is 4.55 Å². The molecule has 0 bridgehead atoms. The van der Waals surface area contributed by atoms with E-state index in [1.54, 1.807) is 0 Å². The lowest BCUT2D eigenvalue weighted by Gasteiger charge is -2.02. The second-order valence-corrected chi connectivity index (χ2v) is 3.15. The molecule has 1 unspecified atom stereocenters. The molecule has 0 amide bonds. The van der Waals surface area contributed by atoms with Crippen molar-refractivity contribution in [1.82, 2.24) is 9.97 Å². The van der Waals surface area contributed by atoms with Gasteiger partial charge in [0.1, 0.15) is 10.2 Å². The summed E-state index contributed by atoms with van der Waals surface area (Å²) in [4.78, 5) is 6.85. The van der Waals surface area contributed by atoms with E-state index in [4.69, 9.17) is 23.2 Å². The number of hydrogen-bond acceptors (Lipinski definition) is 4. The molecule has 0 radical (unpaired) electrons. The van der Waals surface area contributed by atoms with Gasteiger partial charge >= 0.3 is 0 Å². The minimum Gasteiger partial charge on any atom is -0.767 e. The van der Waals surface area contributed by atoms with Crippen molar-refractivity contribution in [3.63, 3.8) is 0 Å². The number of halogens is 2. The molecule has 1 aromatic heterocycles. The summed E-state index contributed by atoms with van der Waals surface area (Å²) < 4.78 is 20.6. The maximum absolute atomic E-state index is 10.3. The largest absolute Gasteiger partial charge is 0.767 e. The fraction of sp³-hybridized carbons (Fsp3) is 0. The van der Waals surface area contributed by atoms with Gasteiger partial charge in [0.2, 0.25) is 5.28 Å². The number of aromatic nitrogens is 2. The Balaban J connectivity index is 3.19. The fourth-order valence-electron chi connectivity index (χ4n) is 0.456. The van der Waals surface area contributed by atoms with Crippen molar-refractivity contribution in [3.8, 4) is 0 Å². The maximum atomic E-state index is 10.3. The summed E-state index contributed by atoms with van der Waals surface area (Å²) in [6, 6.07) is 1.11. The standard InChI is InChI=1S/C4H2Cl2N2O2S/c5-2-1-3(11(9)10)8-4(6)7-2/h1H,(H,9,10)/p-1. The molecule has 11 heavy (non-hydrogen) atoms. The van der Waals surface area contributed by atoms with Gasteiger partial charge in [-0.05, 0) is 22.7 Å². The Morgan fingerprint density at radius 3 is 2.55 bits per heavy atom. The highest BCUT2D eigenvalue weighted by Crippen LogP contribution is 2.12. The zero-order valence-corrected chi connectivity index (χ0v) is 7.28. The molecule has 0 aliphatic heterocycles. The zero-order chi connectivity index (χ0) is 8.43. The SMILES string of the molecule is O=S([O-])c1cc(Cl)nc(Cl)n1. The van der Waals surface area contributed by atoms with E-state index >= 15 is 0 Å². The topological polar surface area (TPSA) is 65.9 Å². The van der Waals surface area contributed by atoms with Gasteiger partial charge in [0.25, 0.3) is 0 Å². The van der Waals surface area contributed by atoms with E-state index in [-0.39, 0.29) is 15.5 Å². The summed E-state index contributed by atoms with van der Waals surface area (Å²) >= 11 is 8.28. The minimum atomic E-state index is -2.42. The van der Waals surface area contributed by atoms with Crippen molar-refractivity contribution in [2.45, 2.75) is 5.03 Å². The molecule has 60 valence electrons. The lowest BCUT2D eigenvalue weighted by molar-refractivity contribution is 0.533. The first kappa shape index (κ1) is 8.86. The molecule has 1 heterocycles. The molecule has 0 aromatic carbocycles. The number of rotatable bonds is 1. The van der Waals surface area contributed by atoms with Gasteiger partial charge in [-0.25, -0.2) is 9.97 Å². The lowest BCUT2D eigenvalue weighted by atomic mass is 10.7. The van der Waals surface area contributed by atoms with Gasteiger partial charge in [-0.1, -0.05) is 11.6 Å². The van der Waals surface area contributed by atoms with Crippen LogP contribution in [0, 0.1) is 0 Å². The maximum Gasteiger partial charge on any atom is 0.224 e. The molecule has 1 atom stereocenters. The Morgan fingerprint density at radius 1 is 1.45 bits per heavy atom. The predicted octanol–water partition coefficient (Wildman–Crippen LogP) is 1.02. The molecule has 0 aliphatic rings. The van der Waals surface area contributed by atoms with E-state index in [0.29, 0.717) is 0 Å². The average molecular weight is 212 g/mol. The molecule has 0 saturated heterocycles. The van der Waals surface area contributed by atoms with Gasteiger partial charge in [-0.2, -0.15) is 0 Å². The van der Waals surface area contributed by atoms with Crippen molar-refractivity contribution in [2.75, 3.05) is 0 Å². The molecule has 1 aromatic rings. The van der Waals surface area contributed by atoms with Gasteiger partial charge in [-0.3, -0.25) is 4.21 Å². The van der Waals surface area contributed by atoms with Crippen LogP contribution in [0.25, 0.3) is 0 Å². The van der Waals surface area contributed by atoms with Gasteiger partial charge in [0.05, 0.1) is 0 Å². The summed E-state index contributed by atoms with van der Waals surface area (Å²) in [5.41, 5.74) is 0. The first-order valence-corrected chi connectivity index (χ1v) is 4.22. The quantitative estimate of drug-likeness (QED) is 0.396. The van der Waals surface area contributed by atoms with Crippen LogP contribution in [0.3, 0.4) is 0 Å². The van der Waals surface area contributed by atoms with Crippen LogP contribution in [0.2, 0.25) is 10.4 Å². The van der Waals surface area contributed by atoms with Crippen molar-refractivity contribution >= 4 is 34.3 Å². The van der Waals surface area contributed by atoms with Crippen LogP contribution in [-0.2, 0) is 11.1 Å². The smallest absolute Gasteiger partial charge is 0.224 e. The number of hydrogen-bond donors (Lipinski definition) is 0. The third-order valence-corrected chi connectivity index (χ3v) is 1.73. The normalized spacial score (nSPS) is 13.0. The van der Waals surface area contributed by atoms with E-state index in [1.807, 2.05) is 0 Å². The Hall–Kier alpha value is -0.230. The molecule has 0 N–H and O–H groups in total. The number of nitrogens with zero attached hydrogens (tertiary/aromatic N) is 2. The first-order valence-electron chi connectivity index (χ1n) is 2.39. The predicted molar refractivity (Wildman–Crippen MR) is 39.2 cm³/mol. The Morgan fingerprint density at radius 2 is 2.09 bits per heavy atom. The van der Waals surface area contributed by atoms with E-state index in [1.165, 1.54) is 0 Å². The summed E-state index contributed by atoms with van der Waals surface area (Å²) in [6.07, 6.45) is 0. The minimum absolute atomic E-state index is 0.00389. The second-order valence-electron chi connectivity index (χ2n) is 1.53. The van der Waals surface area contributed by atoms with E-state index in [2.05, 4.69) is 9.97 Å². The lowest BCUT2D eigenvalue weighted by Crippen LogP contribution is -1.95. The van der Waals surface area contributed by atoms with Crippen molar-refractivity contribution < 1.29 is 8.76 Å². The molecule has 4 nitrogen and oxygen atoms in total. The molecule has 0 fully saturated rings. The van der Waals surface area contributed by atoms with Crippen LogP contribution in [0.15, 0.2) is 11.1 Å². The third-order valence-electron chi connectivity index (χ3n) is 0.815. The third kappa shape index (κ3) is 2.37. The fourth-order valence-corrected chi connectivity index (χ4v) is 1.35. The van der Waals surface area contributed by atoms with Gasteiger partial charge in [-0.15, -0.1) is 0 Å². The molecule has 0 saturated carbocycles. The van der Waals surface area contributed by atoms with Crippen LogP contribution in [0.5, 0.6) is 0 Å². The molecular formula is C4HCl2N2O2S-. The summed E-state index contributed by atoms with van der Waals surface area (Å²) in [5, 5.41) is -0.393. The Bertz CT molecular complexity index is 286. The molecule has 0 aliphatic carbocycles. The molecule has 0 spiro atoms. The summed E-state index contributed by atoms with van der Waals surface area (Å²) in [7, 11) is 0. The van der Waals surface area contributed by atoms with Gasteiger partial charge in [0, 0.05) is 6.07 Å². The van der Waals surface area contributed by atoms with Crippen LogP contribution in [0.1, 0.15) is 0 Å². The highest BCUT2D eigenvalue weighted by atomic mass is 35.5. The van der Waals surface area contributed by atoms with E-state index in [9.17, 15) is 8.76 Å². The van der Waals surface area contributed by atoms with Crippen LogP contribution in [0.4, 0.5) is 0 Å². The van der Waals surface area contributed by atoms with Crippen molar-refractivity contribution in [2.24, 2.45) is 0 Å². The molecular weight excluding hydrogens is 211 g/mol. The van der Waals surface area contributed by atoms with Crippen molar-refractivity contribution in [3.05, 3.63) is 16.5 Å². The Labute approximate surface area is 74.9 Å². The first-order chi connectivity index (χ1) is 5.09. The van der Waals surface area contributed by atoms with Crippen LogP contribution < -0.4 is 0 Å². The Kier molecular flexibility index (Phi) is 2.78. The van der Waals surface area contributed by atoms with E-state index < -0.39 is 11.1 Å². The van der Waals surface area contributed by atoms with Gasteiger partial charge in [0.15, 0.2) is 0 Å². The molecule has 7 heteroatoms. The van der Waals surface area contributed by atoms with Crippen LogP contribution in [-0.4, -0.2) is 18.7 Å². The van der Waals surface area contributed by atoms with E-state index in [0.717, 1.165) is 6.07 Å². The van der Waals surface area contributed by atoms with Crippen molar-refractivity contribution in [1.29, 1.82) is 0 Å². The highest BCUT2D eigenvalue weighted by molar-refractivity contribution is 7.79. The second kappa shape index (κ2) is 3.44. The monoisotopic (exact) mass is 211 g/mol. The average Bonchev–Trinajstić information content (AvgIpc) is 1.85.